The highest BCUT2D eigenvalue weighted by Crippen LogP contribution is 2.25. The lowest BCUT2D eigenvalue weighted by atomic mass is 10.2. The number of esters is 1. The van der Waals surface area contributed by atoms with E-state index in [4.69, 9.17) is 21.1 Å². The maximum atomic E-state index is 11.2. The summed E-state index contributed by atoms with van der Waals surface area (Å²) in [4.78, 5) is 12.3. The van der Waals surface area contributed by atoms with E-state index in [1.165, 1.54) is 0 Å². The van der Waals surface area contributed by atoms with Gasteiger partial charge < -0.3 is 9.47 Å². The summed E-state index contributed by atoms with van der Waals surface area (Å²) in [7, 11) is 0. The molecular weight excluding hydrogens is 272 g/mol. The molecule has 18 heavy (non-hydrogen) atoms. The van der Waals surface area contributed by atoms with E-state index < -0.39 is 0 Å². The van der Waals surface area contributed by atoms with Crippen molar-refractivity contribution in [1.29, 1.82) is 0 Å². The molecule has 100 valence electrons. The molecule has 0 bridgehead atoms. The number of alkyl halides is 1. The summed E-state index contributed by atoms with van der Waals surface area (Å²) < 4.78 is 10.2. The molecule has 0 aliphatic rings. The molecular formula is C13H17ClO3S. The number of hydrogen-bond donors (Lipinski definition) is 0. The monoisotopic (exact) mass is 288 g/mol. The van der Waals surface area contributed by atoms with E-state index in [2.05, 4.69) is 0 Å². The summed E-state index contributed by atoms with van der Waals surface area (Å²) in [6.45, 7) is 4.04. The van der Waals surface area contributed by atoms with E-state index in [0.29, 0.717) is 18.2 Å². The summed E-state index contributed by atoms with van der Waals surface area (Å²) >= 11 is 7.34. The summed E-state index contributed by atoms with van der Waals surface area (Å²) in [6, 6.07) is 5.85. The van der Waals surface area contributed by atoms with Gasteiger partial charge in [0.05, 0.1) is 6.61 Å². The molecule has 0 saturated carbocycles. The van der Waals surface area contributed by atoms with Gasteiger partial charge in [0.25, 0.3) is 0 Å². The van der Waals surface area contributed by atoms with Gasteiger partial charge in [0.2, 0.25) is 0 Å². The molecule has 0 spiro atoms. The minimum atomic E-state index is -0.350. The van der Waals surface area contributed by atoms with Crippen LogP contribution in [-0.4, -0.2) is 30.8 Å². The van der Waals surface area contributed by atoms with Crippen molar-refractivity contribution in [1.82, 2.24) is 0 Å². The first kappa shape index (κ1) is 15.2. The molecule has 0 aliphatic carbocycles. The lowest BCUT2D eigenvalue weighted by molar-refractivity contribution is -0.145. The molecule has 0 saturated heterocycles. The van der Waals surface area contributed by atoms with Gasteiger partial charge in [-0.2, -0.15) is 0 Å². The lowest BCUT2D eigenvalue weighted by Gasteiger charge is -2.09. The average Bonchev–Trinajstić information content (AvgIpc) is 2.35. The van der Waals surface area contributed by atoms with Gasteiger partial charge in [-0.25, -0.2) is 4.79 Å². The molecule has 5 heteroatoms. The van der Waals surface area contributed by atoms with Gasteiger partial charge in [0, 0.05) is 16.5 Å². The molecule has 0 heterocycles. The Kier molecular flexibility index (Phi) is 6.98. The fourth-order valence-corrected chi connectivity index (χ4v) is 2.34. The average molecular weight is 289 g/mol. The number of benzene rings is 1. The highest BCUT2D eigenvalue weighted by Gasteiger charge is 2.06. The standard InChI is InChI=1S/C13H17ClO3S/c1-3-16-13(15)9-17-12-5-4-11(8-10(12)2)18-7-6-14/h4-5,8H,3,6-7,9H2,1-2H3. The number of halogens is 1. The van der Waals surface area contributed by atoms with Gasteiger partial charge in [-0.1, -0.05) is 0 Å². The maximum Gasteiger partial charge on any atom is 0.344 e. The van der Waals surface area contributed by atoms with E-state index in [-0.39, 0.29) is 12.6 Å². The highest BCUT2D eigenvalue weighted by molar-refractivity contribution is 7.99. The normalized spacial score (nSPS) is 10.2. The summed E-state index contributed by atoms with van der Waals surface area (Å²) in [5, 5.41) is 0. The zero-order valence-corrected chi connectivity index (χ0v) is 12.1. The Balaban J connectivity index is 2.54. The molecule has 0 aromatic heterocycles. The second kappa shape index (κ2) is 8.27. The Bertz CT molecular complexity index is 396. The van der Waals surface area contributed by atoms with Crippen molar-refractivity contribution >= 4 is 29.3 Å². The van der Waals surface area contributed by atoms with Gasteiger partial charge >= 0.3 is 5.97 Å². The number of aryl methyl sites for hydroxylation is 1. The molecule has 3 nitrogen and oxygen atoms in total. The van der Waals surface area contributed by atoms with Crippen LogP contribution in [0.2, 0.25) is 0 Å². The zero-order chi connectivity index (χ0) is 13.4. The minimum Gasteiger partial charge on any atom is -0.482 e. The van der Waals surface area contributed by atoms with Gasteiger partial charge in [-0.15, -0.1) is 23.4 Å². The maximum absolute atomic E-state index is 11.2. The van der Waals surface area contributed by atoms with Crippen molar-refractivity contribution in [3.63, 3.8) is 0 Å². The van der Waals surface area contributed by atoms with Crippen LogP contribution in [-0.2, 0) is 9.53 Å². The summed E-state index contributed by atoms with van der Waals surface area (Å²) in [6.07, 6.45) is 0. The number of ether oxygens (including phenoxy) is 2. The molecule has 1 rings (SSSR count). The fraction of sp³-hybridized carbons (Fsp3) is 0.462. The van der Waals surface area contributed by atoms with Gasteiger partial charge in [-0.05, 0) is 37.6 Å². The first-order valence-corrected chi connectivity index (χ1v) is 7.27. The smallest absolute Gasteiger partial charge is 0.344 e. The van der Waals surface area contributed by atoms with E-state index in [1.807, 2.05) is 25.1 Å². The Hall–Kier alpha value is -0.870. The van der Waals surface area contributed by atoms with Crippen LogP contribution < -0.4 is 4.74 Å². The van der Waals surface area contributed by atoms with Crippen molar-refractivity contribution < 1.29 is 14.3 Å². The van der Waals surface area contributed by atoms with E-state index >= 15 is 0 Å². The third-order valence-electron chi connectivity index (χ3n) is 2.14. The Labute approximate surface area is 117 Å². The van der Waals surface area contributed by atoms with Crippen molar-refractivity contribution in [2.75, 3.05) is 24.8 Å². The molecule has 0 aliphatic heterocycles. The van der Waals surface area contributed by atoms with Crippen LogP contribution in [0.25, 0.3) is 0 Å². The van der Waals surface area contributed by atoms with Crippen LogP contribution in [0, 0.1) is 6.92 Å². The minimum absolute atomic E-state index is 0.0527. The zero-order valence-electron chi connectivity index (χ0n) is 10.6. The molecule has 1 aromatic carbocycles. The molecule has 0 amide bonds. The van der Waals surface area contributed by atoms with Gasteiger partial charge in [0.15, 0.2) is 6.61 Å². The first-order chi connectivity index (χ1) is 8.67. The van der Waals surface area contributed by atoms with Crippen molar-refractivity contribution in [3.8, 4) is 5.75 Å². The number of carbonyl (C=O) groups is 1. The first-order valence-electron chi connectivity index (χ1n) is 5.75. The van der Waals surface area contributed by atoms with Crippen molar-refractivity contribution in [3.05, 3.63) is 23.8 Å². The van der Waals surface area contributed by atoms with Gasteiger partial charge in [-0.3, -0.25) is 0 Å². The van der Waals surface area contributed by atoms with Crippen LogP contribution in [0.1, 0.15) is 12.5 Å². The fourth-order valence-electron chi connectivity index (χ4n) is 1.37. The van der Waals surface area contributed by atoms with Crippen LogP contribution in [0.4, 0.5) is 0 Å². The second-order valence-electron chi connectivity index (χ2n) is 3.56. The molecule has 0 radical (unpaired) electrons. The molecule has 1 aromatic rings. The van der Waals surface area contributed by atoms with Crippen LogP contribution in [0.3, 0.4) is 0 Å². The summed E-state index contributed by atoms with van der Waals surface area (Å²) in [5.41, 5.74) is 0.999. The van der Waals surface area contributed by atoms with Crippen molar-refractivity contribution in [2.24, 2.45) is 0 Å². The van der Waals surface area contributed by atoms with E-state index in [1.54, 1.807) is 18.7 Å². The third-order valence-corrected chi connectivity index (χ3v) is 3.55. The molecule has 0 fully saturated rings. The lowest BCUT2D eigenvalue weighted by Crippen LogP contribution is -2.14. The van der Waals surface area contributed by atoms with Crippen LogP contribution in [0.15, 0.2) is 23.1 Å². The molecule has 0 unspecified atom stereocenters. The Morgan fingerprint density at radius 3 is 2.83 bits per heavy atom. The Morgan fingerprint density at radius 1 is 1.44 bits per heavy atom. The van der Waals surface area contributed by atoms with Crippen molar-refractivity contribution in [2.45, 2.75) is 18.7 Å². The van der Waals surface area contributed by atoms with E-state index in [9.17, 15) is 4.79 Å². The number of carbonyl (C=O) groups excluding carboxylic acids is 1. The van der Waals surface area contributed by atoms with Gasteiger partial charge in [0.1, 0.15) is 5.75 Å². The van der Waals surface area contributed by atoms with Crippen LogP contribution in [0.5, 0.6) is 5.75 Å². The molecule has 0 N–H and O–H groups in total. The summed E-state index contributed by atoms with van der Waals surface area (Å²) in [5.74, 6) is 1.87. The van der Waals surface area contributed by atoms with Crippen LogP contribution >= 0.6 is 23.4 Å². The highest BCUT2D eigenvalue weighted by atomic mass is 35.5. The number of rotatable bonds is 7. The number of thioether (sulfide) groups is 1. The predicted octanol–water partition coefficient (Wildman–Crippen LogP) is 3.27. The number of hydrogen-bond acceptors (Lipinski definition) is 4. The molecule has 0 atom stereocenters. The SMILES string of the molecule is CCOC(=O)COc1ccc(SCCCl)cc1C. The third kappa shape index (κ3) is 5.19. The quantitative estimate of drug-likeness (QED) is 0.438. The largest absolute Gasteiger partial charge is 0.482 e. The second-order valence-corrected chi connectivity index (χ2v) is 5.10. The van der Waals surface area contributed by atoms with E-state index in [0.717, 1.165) is 16.2 Å². The Morgan fingerprint density at radius 2 is 2.22 bits per heavy atom. The topological polar surface area (TPSA) is 35.5 Å². The predicted molar refractivity (Wildman–Crippen MR) is 74.8 cm³/mol.